The van der Waals surface area contributed by atoms with E-state index in [1.807, 2.05) is 49.1 Å². The molecule has 0 amide bonds. The molecule has 0 spiro atoms. The largest absolute Gasteiger partial charge is 0.256 e. The van der Waals surface area contributed by atoms with Crippen molar-refractivity contribution < 1.29 is 0 Å². The Morgan fingerprint density at radius 1 is 0.348 bits per heavy atom. The standard InChI is InChI=1S/C63H46N6/c1-37-33-51(39(3)31-49(37)57-25-21-43-17-15-41-11-9-29-66-59(41)61(43)68-57)63(52-34-38(2)50(32-40(52)4)58-26-22-44-18-16-42-12-10-30-67-60(42)62(44)69-58)53-35-45(55-13-5-7-27-64-55)19-23-47(53)48-24-20-46(36-54(48)63)56-14-6-8-28-65-56/h5-15,17,19-36H,16,18H2,1-4H3. The van der Waals surface area contributed by atoms with Crippen molar-refractivity contribution in [2.24, 2.45) is 0 Å². The van der Waals surface area contributed by atoms with Gasteiger partial charge in [0.25, 0.3) is 0 Å². The molecule has 11 aromatic rings. The molecule has 0 fully saturated rings. The Morgan fingerprint density at radius 3 is 1.51 bits per heavy atom. The summed E-state index contributed by atoms with van der Waals surface area (Å²) in [5, 5.41) is 2.15. The Morgan fingerprint density at radius 2 is 0.884 bits per heavy atom. The summed E-state index contributed by atoms with van der Waals surface area (Å²) in [6.45, 7) is 9.04. The van der Waals surface area contributed by atoms with Crippen molar-refractivity contribution in [2.75, 3.05) is 0 Å². The molecule has 69 heavy (non-hydrogen) atoms. The van der Waals surface area contributed by atoms with E-state index in [4.69, 9.17) is 29.9 Å². The first-order chi connectivity index (χ1) is 33.8. The highest BCUT2D eigenvalue weighted by Gasteiger charge is 2.48. The fourth-order valence-electron chi connectivity index (χ4n) is 11.5. The lowest BCUT2D eigenvalue weighted by atomic mass is 9.64. The highest BCUT2D eigenvalue weighted by molar-refractivity contribution is 6.03. The van der Waals surface area contributed by atoms with Crippen LogP contribution in [-0.2, 0) is 18.3 Å². The summed E-state index contributed by atoms with van der Waals surface area (Å²) in [5.41, 5.74) is 25.6. The number of fused-ring (bicyclic) bond motifs is 9. The molecule has 0 unspecified atom stereocenters. The van der Waals surface area contributed by atoms with Gasteiger partial charge in [-0.3, -0.25) is 19.9 Å². The maximum absolute atomic E-state index is 5.41. The van der Waals surface area contributed by atoms with Crippen molar-refractivity contribution >= 4 is 21.8 Å². The lowest BCUT2D eigenvalue weighted by Crippen LogP contribution is -2.31. The van der Waals surface area contributed by atoms with Gasteiger partial charge in [-0.1, -0.05) is 84.9 Å². The molecular weight excluding hydrogens is 841 g/mol. The van der Waals surface area contributed by atoms with Crippen LogP contribution in [0.15, 0.2) is 183 Å². The summed E-state index contributed by atoms with van der Waals surface area (Å²) in [6.07, 6.45) is 9.44. The van der Waals surface area contributed by atoms with Crippen molar-refractivity contribution in [3.63, 3.8) is 0 Å². The topological polar surface area (TPSA) is 77.3 Å². The monoisotopic (exact) mass is 886 g/mol. The van der Waals surface area contributed by atoms with Gasteiger partial charge in [-0.15, -0.1) is 0 Å². The Balaban J connectivity index is 1.08. The van der Waals surface area contributed by atoms with Crippen LogP contribution in [-0.4, -0.2) is 29.9 Å². The van der Waals surface area contributed by atoms with Crippen molar-refractivity contribution in [2.45, 2.75) is 46.0 Å². The minimum atomic E-state index is -0.760. The van der Waals surface area contributed by atoms with Crippen LogP contribution in [0.1, 0.15) is 55.6 Å². The predicted octanol–water partition coefficient (Wildman–Crippen LogP) is 14.4. The van der Waals surface area contributed by atoms with Crippen LogP contribution in [0.4, 0.5) is 0 Å². The Kier molecular flexibility index (Phi) is 9.35. The van der Waals surface area contributed by atoms with Gasteiger partial charge >= 0.3 is 0 Å². The van der Waals surface area contributed by atoms with Crippen LogP contribution in [0.25, 0.3) is 89.4 Å². The van der Waals surface area contributed by atoms with Crippen LogP contribution < -0.4 is 0 Å². The fourth-order valence-corrected chi connectivity index (χ4v) is 11.5. The quantitative estimate of drug-likeness (QED) is 0.155. The number of pyridine rings is 6. The number of aryl methyl sites for hydroxylation is 6. The zero-order chi connectivity index (χ0) is 46.4. The second kappa shape index (κ2) is 15.8. The van der Waals surface area contributed by atoms with Crippen molar-refractivity contribution in [3.05, 3.63) is 238 Å². The van der Waals surface area contributed by atoms with Gasteiger partial charge < -0.3 is 0 Å². The summed E-state index contributed by atoms with van der Waals surface area (Å²) in [7, 11) is 0. The van der Waals surface area contributed by atoms with Gasteiger partial charge in [-0.25, -0.2) is 9.97 Å². The third kappa shape index (κ3) is 6.39. The van der Waals surface area contributed by atoms with Crippen LogP contribution >= 0.6 is 0 Å². The molecule has 0 saturated heterocycles. The van der Waals surface area contributed by atoms with Gasteiger partial charge in [0.05, 0.1) is 50.6 Å². The highest BCUT2D eigenvalue weighted by atomic mass is 14.8. The van der Waals surface area contributed by atoms with Gasteiger partial charge in [0.15, 0.2) is 0 Å². The van der Waals surface area contributed by atoms with E-state index >= 15 is 0 Å². The van der Waals surface area contributed by atoms with E-state index in [1.165, 1.54) is 55.6 Å². The van der Waals surface area contributed by atoms with E-state index < -0.39 is 5.41 Å². The van der Waals surface area contributed by atoms with E-state index in [9.17, 15) is 0 Å². The summed E-state index contributed by atoms with van der Waals surface area (Å²) >= 11 is 0. The second-order valence-electron chi connectivity index (χ2n) is 18.8. The summed E-state index contributed by atoms with van der Waals surface area (Å²) in [5.74, 6) is 0. The number of nitrogens with zero attached hydrogens (tertiary/aromatic N) is 6. The van der Waals surface area contributed by atoms with Gasteiger partial charge in [0.2, 0.25) is 0 Å². The molecule has 2 aliphatic rings. The van der Waals surface area contributed by atoms with Gasteiger partial charge in [0, 0.05) is 57.8 Å². The molecule has 0 bridgehead atoms. The molecule has 6 nitrogen and oxygen atoms in total. The first kappa shape index (κ1) is 40.8. The molecule has 328 valence electrons. The molecule has 5 aromatic carbocycles. The first-order valence-corrected chi connectivity index (χ1v) is 23.8. The van der Waals surface area contributed by atoms with Crippen LogP contribution in [0.5, 0.6) is 0 Å². The smallest absolute Gasteiger partial charge is 0.0972 e. The Labute approximate surface area is 401 Å². The van der Waals surface area contributed by atoms with Crippen molar-refractivity contribution in [1.29, 1.82) is 0 Å². The average molecular weight is 887 g/mol. The molecule has 6 heterocycles. The van der Waals surface area contributed by atoms with Crippen molar-refractivity contribution in [3.8, 4) is 67.5 Å². The summed E-state index contributed by atoms with van der Waals surface area (Å²) < 4.78 is 0. The maximum atomic E-state index is 5.41. The van der Waals surface area contributed by atoms with Gasteiger partial charge in [-0.2, -0.15) is 0 Å². The summed E-state index contributed by atoms with van der Waals surface area (Å²) in [4.78, 5) is 30.1. The lowest BCUT2D eigenvalue weighted by molar-refractivity contribution is 0.752. The van der Waals surface area contributed by atoms with Crippen LogP contribution in [0.2, 0.25) is 0 Å². The van der Waals surface area contributed by atoms with E-state index in [0.717, 1.165) is 102 Å². The molecule has 6 aromatic heterocycles. The minimum absolute atomic E-state index is 0.760. The lowest BCUT2D eigenvalue weighted by Gasteiger charge is -2.37. The number of hydrogen-bond acceptors (Lipinski definition) is 6. The van der Waals surface area contributed by atoms with Crippen LogP contribution in [0.3, 0.4) is 0 Å². The van der Waals surface area contributed by atoms with Gasteiger partial charge in [0.1, 0.15) is 0 Å². The molecule has 0 aliphatic heterocycles. The minimum Gasteiger partial charge on any atom is -0.256 e. The number of aromatic nitrogens is 6. The molecule has 0 radical (unpaired) electrons. The van der Waals surface area contributed by atoms with E-state index in [2.05, 4.69) is 161 Å². The maximum Gasteiger partial charge on any atom is 0.0972 e. The third-order valence-electron chi connectivity index (χ3n) is 14.8. The molecule has 0 atom stereocenters. The van der Waals surface area contributed by atoms with E-state index in [-0.39, 0.29) is 0 Å². The molecule has 6 heteroatoms. The zero-order valence-corrected chi connectivity index (χ0v) is 38.9. The molecule has 0 N–H and O–H groups in total. The first-order valence-electron chi connectivity index (χ1n) is 23.8. The average Bonchev–Trinajstić information content (AvgIpc) is 3.69. The fraction of sp³-hybridized carbons (Fsp3) is 0.111. The SMILES string of the molecule is Cc1cc(C2(c3cc(C)c(-c4ccc5ccc6cccnc6c5n4)cc3C)c3cc(-c4ccccn4)ccc3-c3ccc(-c4ccccn4)cc32)c(C)cc1-c1ccc2c(n1)-c1ncccc1CC2. The van der Waals surface area contributed by atoms with Gasteiger partial charge in [-0.05, 0) is 180 Å². The number of rotatable bonds is 6. The molecule has 0 saturated carbocycles. The van der Waals surface area contributed by atoms with Crippen molar-refractivity contribution in [1.82, 2.24) is 29.9 Å². The number of hydrogen-bond donors (Lipinski definition) is 0. The molecular formula is C63H46N6. The predicted molar refractivity (Wildman–Crippen MR) is 279 cm³/mol. The normalized spacial score (nSPS) is 13.2. The van der Waals surface area contributed by atoms with Crippen LogP contribution in [0, 0.1) is 27.7 Å². The second-order valence-corrected chi connectivity index (χ2v) is 18.8. The Hall–Kier alpha value is -8.48. The third-order valence-corrected chi connectivity index (χ3v) is 14.8. The van der Waals surface area contributed by atoms with E-state index in [1.54, 1.807) is 0 Å². The molecule has 2 aliphatic carbocycles. The molecule has 13 rings (SSSR count). The Bertz CT molecular complexity index is 3810. The summed E-state index contributed by atoms with van der Waals surface area (Å²) in [6, 6.07) is 57.2. The zero-order valence-electron chi connectivity index (χ0n) is 38.9. The highest BCUT2D eigenvalue weighted by Crippen LogP contribution is 2.59. The number of benzene rings is 5. The van der Waals surface area contributed by atoms with E-state index in [0.29, 0.717) is 0 Å².